The summed E-state index contributed by atoms with van der Waals surface area (Å²) in [5.74, 6) is 1.35. The number of methoxy groups -OCH3 is 1. The van der Waals surface area contributed by atoms with Gasteiger partial charge in [-0.1, -0.05) is 58.5 Å². The average Bonchev–Trinajstić information content (AvgIpc) is 2.72. The number of rotatable bonds is 13. The summed E-state index contributed by atoms with van der Waals surface area (Å²) < 4.78 is 18.0. The van der Waals surface area contributed by atoms with E-state index in [1.54, 1.807) is 19.2 Å². The quantitative estimate of drug-likeness (QED) is 0.310. The van der Waals surface area contributed by atoms with Crippen molar-refractivity contribution in [3.05, 3.63) is 56.0 Å². The smallest absolute Gasteiger partial charge is 0.162 e. The molecule has 4 nitrogen and oxygen atoms in total. The van der Waals surface area contributed by atoms with E-state index in [0.29, 0.717) is 28.2 Å². The molecule has 0 aliphatic carbocycles. The third kappa shape index (κ3) is 8.35. The Hall–Kier alpha value is -0.980. The predicted octanol–water partition coefficient (Wildman–Crippen LogP) is 6.64. The van der Waals surface area contributed by atoms with Crippen LogP contribution >= 0.6 is 39.1 Å². The van der Waals surface area contributed by atoms with Crippen LogP contribution in [0.5, 0.6) is 11.5 Å². The Bertz CT molecular complexity index is 774. The first kappa shape index (κ1) is 24.3. The van der Waals surface area contributed by atoms with E-state index in [-0.39, 0.29) is 0 Å². The molecule has 0 saturated heterocycles. The summed E-state index contributed by atoms with van der Waals surface area (Å²) in [4.78, 5) is 0. The molecule has 0 aliphatic rings. The standard InChI is InChI=1S/C22H28BrCl2NO3/c1-3-4-9-28-10-5-8-26-14-17-12-21(27-2)22(13-18(17)23)29-15-16-6-7-19(24)20(25)11-16/h6-7,11-13,26H,3-5,8-10,14-15H2,1-2H3. The van der Waals surface area contributed by atoms with Crippen LogP contribution in [0.4, 0.5) is 0 Å². The number of unbranched alkanes of at least 4 members (excludes halogenated alkanes) is 1. The number of nitrogens with one attached hydrogen (secondary N) is 1. The zero-order chi connectivity index (χ0) is 21.1. The fraction of sp³-hybridized carbons (Fsp3) is 0.455. The Morgan fingerprint density at radius 3 is 2.52 bits per heavy atom. The van der Waals surface area contributed by atoms with Crippen molar-refractivity contribution in [3.8, 4) is 11.5 Å². The summed E-state index contributed by atoms with van der Waals surface area (Å²) in [5, 5.41) is 4.48. The van der Waals surface area contributed by atoms with Gasteiger partial charge in [-0.2, -0.15) is 0 Å². The van der Waals surface area contributed by atoms with E-state index >= 15 is 0 Å². The second kappa shape index (κ2) is 13.3. The molecule has 0 bridgehead atoms. The first-order valence-corrected chi connectivity index (χ1v) is 11.3. The number of benzene rings is 2. The van der Waals surface area contributed by atoms with E-state index in [0.717, 1.165) is 54.7 Å². The minimum atomic E-state index is 0.370. The average molecular weight is 505 g/mol. The molecule has 2 aromatic carbocycles. The summed E-state index contributed by atoms with van der Waals surface area (Å²) in [6.07, 6.45) is 3.28. The zero-order valence-corrected chi connectivity index (χ0v) is 20.0. The minimum absolute atomic E-state index is 0.370. The van der Waals surface area contributed by atoms with Crippen LogP contribution in [0.25, 0.3) is 0 Å². The molecule has 2 aromatic rings. The molecule has 160 valence electrons. The maximum Gasteiger partial charge on any atom is 0.162 e. The topological polar surface area (TPSA) is 39.7 Å². The minimum Gasteiger partial charge on any atom is -0.493 e. The lowest BCUT2D eigenvalue weighted by Crippen LogP contribution is -2.17. The summed E-state index contributed by atoms with van der Waals surface area (Å²) in [6.45, 7) is 5.81. The molecule has 0 heterocycles. The van der Waals surface area contributed by atoms with Gasteiger partial charge < -0.3 is 19.5 Å². The number of hydrogen-bond donors (Lipinski definition) is 1. The molecule has 0 atom stereocenters. The SMILES string of the molecule is CCCCOCCCNCc1cc(OC)c(OCc2ccc(Cl)c(Cl)c2)cc1Br. The molecule has 0 saturated carbocycles. The van der Waals surface area contributed by atoms with Crippen LogP contribution in [0.1, 0.15) is 37.3 Å². The molecule has 0 unspecified atom stereocenters. The van der Waals surface area contributed by atoms with Gasteiger partial charge in [-0.15, -0.1) is 0 Å². The first-order chi connectivity index (χ1) is 14.0. The zero-order valence-electron chi connectivity index (χ0n) is 16.9. The van der Waals surface area contributed by atoms with Gasteiger partial charge >= 0.3 is 0 Å². The Balaban J connectivity index is 1.86. The van der Waals surface area contributed by atoms with Gasteiger partial charge in [0, 0.05) is 24.2 Å². The molecule has 0 spiro atoms. The van der Waals surface area contributed by atoms with Crippen molar-refractivity contribution in [1.82, 2.24) is 5.32 Å². The highest BCUT2D eigenvalue weighted by Crippen LogP contribution is 2.34. The largest absolute Gasteiger partial charge is 0.493 e. The lowest BCUT2D eigenvalue weighted by molar-refractivity contribution is 0.128. The highest BCUT2D eigenvalue weighted by molar-refractivity contribution is 9.10. The van der Waals surface area contributed by atoms with Crippen LogP contribution in [-0.4, -0.2) is 26.9 Å². The Labute approximate surface area is 192 Å². The summed E-state index contributed by atoms with van der Waals surface area (Å²) >= 11 is 15.7. The van der Waals surface area contributed by atoms with Crippen molar-refractivity contribution in [2.75, 3.05) is 26.9 Å². The van der Waals surface area contributed by atoms with Crippen LogP contribution in [0, 0.1) is 0 Å². The molecule has 0 aromatic heterocycles. The van der Waals surface area contributed by atoms with Crippen molar-refractivity contribution in [1.29, 1.82) is 0 Å². The Kier molecular flexibility index (Phi) is 11.2. The summed E-state index contributed by atoms with van der Waals surface area (Å²) in [5.41, 5.74) is 2.04. The molecule has 29 heavy (non-hydrogen) atoms. The highest BCUT2D eigenvalue weighted by Gasteiger charge is 2.11. The number of halogens is 3. The van der Waals surface area contributed by atoms with E-state index in [1.807, 2.05) is 18.2 Å². The monoisotopic (exact) mass is 503 g/mol. The number of ether oxygens (including phenoxy) is 3. The third-order valence-corrected chi connectivity index (χ3v) is 5.79. The van der Waals surface area contributed by atoms with Crippen LogP contribution in [0.15, 0.2) is 34.8 Å². The fourth-order valence-electron chi connectivity index (χ4n) is 2.65. The van der Waals surface area contributed by atoms with Crippen molar-refractivity contribution in [3.63, 3.8) is 0 Å². The van der Waals surface area contributed by atoms with Crippen molar-refractivity contribution in [2.45, 2.75) is 39.3 Å². The van der Waals surface area contributed by atoms with Gasteiger partial charge in [-0.25, -0.2) is 0 Å². The van der Waals surface area contributed by atoms with Gasteiger partial charge in [0.25, 0.3) is 0 Å². The fourth-order valence-corrected chi connectivity index (χ4v) is 3.43. The van der Waals surface area contributed by atoms with Gasteiger partial charge in [0.05, 0.1) is 17.2 Å². The molecule has 0 aliphatic heterocycles. The van der Waals surface area contributed by atoms with Crippen molar-refractivity contribution < 1.29 is 14.2 Å². The van der Waals surface area contributed by atoms with Crippen LogP contribution in [0.2, 0.25) is 10.0 Å². The molecule has 1 N–H and O–H groups in total. The second-order valence-electron chi connectivity index (χ2n) is 6.63. The molecular formula is C22H28BrCl2NO3. The molecular weight excluding hydrogens is 477 g/mol. The summed E-state index contributed by atoms with van der Waals surface area (Å²) in [7, 11) is 1.64. The normalized spacial score (nSPS) is 10.9. The lowest BCUT2D eigenvalue weighted by Gasteiger charge is -2.15. The van der Waals surface area contributed by atoms with Crippen molar-refractivity contribution >= 4 is 39.1 Å². The first-order valence-electron chi connectivity index (χ1n) is 9.76. The molecule has 0 amide bonds. The summed E-state index contributed by atoms with van der Waals surface area (Å²) in [6, 6.07) is 9.37. The van der Waals surface area contributed by atoms with E-state index in [1.165, 1.54) is 6.42 Å². The maximum absolute atomic E-state index is 6.07. The molecule has 0 radical (unpaired) electrons. The third-order valence-electron chi connectivity index (χ3n) is 4.31. The predicted molar refractivity (Wildman–Crippen MR) is 124 cm³/mol. The van der Waals surface area contributed by atoms with Gasteiger partial charge in [-0.3, -0.25) is 0 Å². The van der Waals surface area contributed by atoms with E-state index in [4.69, 9.17) is 37.4 Å². The van der Waals surface area contributed by atoms with E-state index < -0.39 is 0 Å². The van der Waals surface area contributed by atoms with E-state index in [2.05, 4.69) is 28.2 Å². The molecule has 2 rings (SSSR count). The van der Waals surface area contributed by atoms with Gasteiger partial charge in [0.1, 0.15) is 6.61 Å². The Morgan fingerprint density at radius 1 is 1.00 bits per heavy atom. The van der Waals surface area contributed by atoms with Crippen molar-refractivity contribution in [2.24, 2.45) is 0 Å². The highest BCUT2D eigenvalue weighted by atomic mass is 79.9. The molecule has 0 fully saturated rings. The number of hydrogen-bond acceptors (Lipinski definition) is 4. The second-order valence-corrected chi connectivity index (χ2v) is 8.30. The van der Waals surface area contributed by atoms with Gasteiger partial charge in [0.15, 0.2) is 11.5 Å². The van der Waals surface area contributed by atoms with Crippen LogP contribution < -0.4 is 14.8 Å². The Morgan fingerprint density at radius 2 is 1.79 bits per heavy atom. The van der Waals surface area contributed by atoms with Gasteiger partial charge in [-0.05, 0) is 54.8 Å². The van der Waals surface area contributed by atoms with Gasteiger partial charge in [0.2, 0.25) is 0 Å². The van der Waals surface area contributed by atoms with E-state index in [9.17, 15) is 0 Å². The van der Waals surface area contributed by atoms with Crippen LogP contribution in [-0.2, 0) is 17.9 Å². The molecule has 7 heteroatoms. The lowest BCUT2D eigenvalue weighted by atomic mass is 10.2. The van der Waals surface area contributed by atoms with Crippen LogP contribution in [0.3, 0.4) is 0 Å². The maximum atomic E-state index is 6.07.